The van der Waals surface area contributed by atoms with Gasteiger partial charge in [-0.15, -0.1) is 23.1 Å². The first kappa shape index (κ1) is 16.9. The van der Waals surface area contributed by atoms with E-state index in [1.807, 2.05) is 29.5 Å². The molecule has 1 N–H and O–H groups in total. The fraction of sp³-hybridized carbons (Fsp3) is 0.381. The molecule has 0 spiro atoms. The van der Waals surface area contributed by atoms with Crippen molar-refractivity contribution in [3.63, 3.8) is 0 Å². The van der Waals surface area contributed by atoms with Crippen LogP contribution in [0.5, 0.6) is 0 Å². The molecule has 4 heteroatoms. The minimum Gasteiger partial charge on any atom is -0.351 e. The third-order valence-electron chi connectivity index (χ3n) is 5.11. The molecule has 2 aliphatic rings. The van der Waals surface area contributed by atoms with Gasteiger partial charge in [0, 0.05) is 22.1 Å². The standard InChI is InChI=1S/C21H23NOS2/c1-14(15-7-3-2-4-8-15)12-22-21(23)20-11-19-17(13-24-20)16-9-5-6-10-18(16)25-19/h2-4,7-8,11,14H,5-6,9-10,12-13H2,1H3,(H,22,23). The van der Waals surface area contributed by atoms with Crippen molar-refractivity contribution < 1.29 is 4.79 Å². The number of hydrogen-bond donors (Lipinski definition) is 1. The zero-order valence-corrected chi connectivity index (χ0v) is 16.1. The van der Waals surface area contributed by atoms with Crippen LogP contribution in [0.2, 0.25) is 0 Å². The Balaban J connectivity index is 1.43. The number of carbonyl (C=O) groups excluding carboxylic acids is 1. The summed E-state index contributed by atoms with van der Waals surface area (Å²) in [5.74, 6) is 1.35. The lowest BCUT2D eigenvalue weighted by molar-refractivity contribution is -0.116. The summed E-state index contributed by atoms with van der Waals surface area (Å²) in [4.78, 5) is 16.3. The quantitative estimate of drug-likeness (QED) is 0.809. The van der Waals surface area contributed by atoms with E-state index in [0.29, 0.717) is 12.5 Å². The van der Waals surface area contributed by atoms with Crippen molar-refractivity contribution >= 4 is 35.1 Å². The Hall–Kier alpha value is -1.52. The average molecular weight is 370 g/mol. The van der Waals surface area contributed by atoms with E-state index in [0.717, 1.165) is 10.7 Å². The highest BCUT2D eigenvalue weighted by atomic mass is 32.2. The predicted octanol–water partition coefficient (Wildman–Crippen LogP) is 5.13. The van der Waals surface area contributed by atoms with Crippen LogP contribution in [0.25, 0.3) is 6.08 Å². The molecule has 1 aliphatic carbocycles. The molecule has 130 valence electrons. The topological polar surface area (TPSA) is 29.1 Å². The van der Waals surface area contributed by atoms with E-state index < -0.39 is 0 Å². The second-order valence-corrected chi connectivity index (χ2v) is 9.03. The van der Waals surface area contributed by atoms with Crippen LogP contribution >= 0.6 is 23.1 Å². The number of benzene rings is 1. The smallest absolute Gasteiger partial charge is 0.257 e. The molecule has 1 aromatic carbocycles. The molecular formula is C21H23NOS2. The van der Waals surface area contributed by atoms with Gasteiger partial charge in [0.1, 0.15) is 0 Å². The number of nitrogens with one attached hydrogen (secondary N) is 1. The van der Waals surface area contributed by atoms with Crippen molar-refractivity contribution in [2.45, 2.75) is 44.3 Å². The van der Waals surface area contributed by atoms with Crippen LogP contribution in [-0.2, 0) is 23.4 Å². The number of thioether (sulfide) groups is 1. The zero-order valence-electron chi connectivity index (χ0n) is 14.5. The van der Waals surface area contributed by atoms with Crippen LogP contribution in [-0.4, -0.2) is 12.5 Å². The summed E-state index contributed by atoms with van der Waals surface area (Å²) in [5.41, 5.74) is 4.35. The van der Waals surface area contributed by atoms with E-state index in [4.69, 9.17) is 0 Å². The molecule has 1 atom stereocenters. The lowest BCUT2D eigenvalue weighted by atomic mass is 9.95. The zero-order chi connectivity index (χ0) is 17.2. The van der Waals surface area contributed by atoms with Crippen molar-refractivity contribution in [3.8, 4) is 0 Å². The van der Waals surface area contributed by atoms with Gasteiger partial charge in [-0.25, -0.2) is 0 Å². The third-order valence-corrected chi connectivity index (χ3v) is 7.44. The molecule has 1 unspecified atom stereocenters. The Morgan fingerprint density at radius 1 is 1.16 bits per heavy atom. The third kappa shape index (κ3) is 3.56. The summed E-state index contributed by atoms with van der Waals surface area (Å²) in [7, 11) is 0. The molecule has 0 bridgehead atoms. The number of rotatable bonds is 4. The van der Waals surface area contributed by atoms with E-state index >= 15 is 0 Å². The number of fused-ring (bicyclic) bond motifs is 3. The van der Waals surface area contributed by atoms with E-state index in [1.165, 1.54) is 41.7 Å². The first-order valence-electron chi connectivity index (χ1n) is 9.03. The second kappa shape index (κ2) is 7.38. The average Bonchev–Trinajstić information content (AvgIpc) is 3.04. The van der Waals surface area contributed by atoms with Crippen molar-refractivity contribution in [1.82, 2.24) is 5.32 Å². The first-order valence-corrected chi connectivity index (χ1v) is 10.8. The molecular weight excluding hydrogens is 346 g/mol. The van der Waals surface area contributed by atoms with Gasteiger partial charge in [-0.1, -0.05) is 37.3 Å². The van der Waals surface area contributed by atoms with Crippen molar-refractivity contribution in [2.75, 3.05) is 6.54 Å². The number of carbonyl (C=O) groups is 1. The van der Waals surface area contributed by atoms with Crippen LogP contribution in [0, 0.1) is 0 Å². The molecule has 1 aromatic heterocycles. The highest BCUT2D eigenvalue weighted by Gasteiger charge is 2.25. The number of thiophene rings is 1. The highest BCUT2D eigenvalue weighted by molar-refractivity contribution is 8.03. The maximum absolute atomic E-state index is 12.6. The molecule has 0 fully saturated rings. The fourth-order valence-electron chi connectivity index (χ4n) is 3.60. The van der Waals surface area contributed by atoms with Crippen molar-refractivity contribution in [3.05, 3.63) is 61.7 Å². The molecule has 0 saturated carbocycles. The van der Waals surface area contributed by atoms with Gasteiger partial charge >= 0.3 is 0 Å². The normalized spacial score (nSPS) is 17.2. The van der Waals surface area contributed by atoms with Crippen molar-refractivity contribution in [2.24, 2.45) is 0 Å². The molecule has 25 heavy (non-hydrogen) atoms. The molecule has 2 aromatic rings. The number of amides is 1. The number of aryl methyl sites for hydroxylation is 1. The van der Waals surface area contributed by atoms with Gasteiger partial charge in [-0.3, -0.25) is 4.79 Å². The Bertz CT molecular complexity index is 807. The summed E-state index contributed by atoms with van der Waals surface area (Å²) in [6.45, 7) is 2.83. The van der Waals surface area contributed by atoms with E-state index in [2.05, 4.69) is 30.4 Å². The lowest BCUT2D eigenvalue weighted by Gasteiger charge is -2.17. The summed E-state index contributed by atoms with van der Waals surface area (Å²) < 4.78 is 0. The fourth-order valence-corrected chi connectivity index (χ4v) is 6.16. The van der Waals surface area contributed by atoms with Gasteiger partial charge in [0.05, 0.1) is 4.91 Å². The second-order valence-electron chi connectivity index (χ2n) is 6.87. The summed E-state index contributed by atoms with van der Waals surface area (Å²) in [6.07, 6.45) is 7.20. The van der Waals surface area contributed by atoms with Gasteiger partial charge in [0.2, 0.25) is 0 Å². The van der Waals surface area contributed by atoms with Crippen LogP contribution in [0.15, 0.2) is 35.2 Å². The molecule has 1 aliphatic heterocycles. The van der Waals surface area contributed by atoms with Gasteiger partial charge in [0.25, 0.3) is 5.91 Å². The lowest BCUT2D eigenvalue weighted by Crippen LogP contribution is -2.28. The Labute approximate surface area is 157 Å². The number of hydrogen-bond acceptors (Lipinski definition) is 3. The molecule has 2 heterocycles. The molecule has 2 nitrogen and oxygen atoms in total. The van der Waals surface area contributed by atoms with E-state index in [9.17, 15) is 4.79 Å². The summed E-state index contributed by atoms with van der Waals surface area (Å²) in [6, 6.07) is 10.4. The van der Waals surface area contributed by atoms with Gasteiger partial charge < -0.3 is 5.32 Å². The van der Waals surface area contributed by atoms with Crippen LogP contribution in [0.1, 0.15) is 52.1 Å². The largest absolute Gasteiger partial charge is 0.351 e. The Kier molecular flexibility index (Phi) is 5.00. The van der Waals surface area contributed by atoms with Crippen LogP contribution < -0.4 is 5.32 Å². The molecule has 4 rings (SSSR count). The van der Waals surface area contributed by atoms with Crippen LogP contribution in [0.3, 0.4) is 0 Å². The molecule has 0 radical (unpaired) electrons. The summed E-state index contributed by atoms with van der Waals surface area (Å²) >= 11 is 3.61. The minimum absolute atomic E-state index is 0.0739. The SMILES string of the molecule is CC(CNC(=O)C1=Cc2sc3c(c2CS1)CCCC3)c1ccccc1. The minimum atomic E-state index is 0.0739. The van der Waals surface area contributed by atoms with Gasteiger partial charge in [0.15, 0.2) is 0 Å². The molecule has 0 saturated heterocycles. The Morgan fingerprint density at radius 2 is 1.96 bits per heavy atom. The predicted molar refractivity (Wildman–Crippen MR) is 108 cm³/mol. The maximum atomic E-state index is 12.6. The van der Waals surface area contributed by atoms with E-state index in [-0.39, 0.29) is 5.91 Å². The van der Waals surface area contributed by atoms with Gasteiger partial charge in [-0.2, -0.15) is 0 Å². The summed E-state index contributed by atoms with van der Waals surface area (Å²) in [5, 5.41) is 3.12. The first-order chi connectivity index (χ1) is 12.2. The molecule has 1 amide bonds. The highest BCUT2D eigenvalue weighted by Crippen LogP contribution is 2.42. The Morgan fingerprint density at radius 3 is 2.80 bits per heavy atom. The van der Waals surface area contributed by atoms with E-state index in [1.54, 1.807) is 22.2 Å². The van der Waals surface area contributed by atoms with Crippen molar-refractivity contribution in [1.29, 1.82) is 0 Å². The van der Waals surface area contributed by atoms with Gasteiger partial charge in [-0.05, 0) is 54.4 Å². The van der Waals surface area contributed by atoms with Crippen LogP contribution in [0.4, 0.5) is 0 Å². The monoisotopic (exact) mass is 369 g/mol. The maximum Gasteiger partial charge on any atom is 0.257 e.